The van der Waals surface area contributed by atoms with Crippen molar-refractivity contribution in [1.82, 2.24) is 4.90 Å². The minimum absolute atomic E-state index is 0.206. The maximum absolute atomic E-state index is 10.2. The number of aliphatic hydroxyl groups excluding tert-OH is 1. The van der Waals surface area contributed by atoms with Gasteiger partial charge in [-0.05, 0) is 57.4 Å². The Morgan fingerprint density at radius 2 is 2.05 bits per heavy atom. The molecule has 0 saturated heterocycles. The van der Waals surface area contributed by atoms with Crippen molar-refractivity contribution in [3.8, 4) is 5.75 Å². The zero-order chi connectivity index (χ0) is 16.2. The Morgan fingerprint density at radius 3 is 2.73 bits per heavy atom. The predicted molar refractivity (Wildman–Crippen MR) is 88.3 cm³/mol. The molecule has 1 aliphatic rings. The van der Waals surface area contributed by atoms with Gasteiger partial charge in [-0.1, -0.05) is 6.07 Å². The molecule has 4 nitrogen and oxygen atoms in total. The van der Waals surface area contributed by atoms with Crippen LogP contribution in [0.5, 0.6) is 5.75 Å². The second-order valence-electron chi connectivity index (χ2n) is 6.93. The molecule has 1 N–H and O–H groups in total. The van der Waals surface area contributed by atoms with Gasteiger partial charge in [0.05, 0.1) is 24.9 Å². The molecule has 0 radical (unpaired) electrons. The van der Waals surface area contributed by atoms with Crippen molar-refractivity contribution in [1.29, 1.82) is 0 Å². The second-order valence-corrected chi connectivity index (χ2v) is 6.93. The molecular weight excluding hydrogens is 278 g/mol. The lowest BCUT2D eigenvalue weighted by molar-refractivity contribution is -0.0569. The maximum Gasteiger partial charge on any atom is 0.119 e. The highest BCUT2D eigenvalue weighted by atomic mass is 16.5. The summed E-state index contributed by atoms with van der Waals surface area (Å²) in [4.78, 5) is 2.29. The van der Waals surface area contributed by atoms with Crippen LogP contribution in [0.1, 0.15) is 38.8 Å². The van der Waals surface area contributed by atoms with E-state index < -0.39 is 6.10 Å². The lowest BCUT2D eigenvalue weighted by Crippen LogP contribution is -2.39. The quantitative estimate of drug-likeness (QED) is 0.877. The number of benzene rings is 1. The third kappa shape index (κ3) is 5.27. The molecule has 0 bridgehead atoms. The second kappa shape index (κ2) is 7.44. The van der Waals surface area contributed by atoms with E-state index >= 15 is 0 Å². The Morgan fingerprint density at radius 1 is 1.27 bits per heavy atom. The van der Waals surface area contributed by atoms with E-state index in [4.69, 9.17) is 9.47 Å². The summed E-state index contributed by atoms with van der Waals surface area (Å²) in [6, 6.07) is 6.34. The summed E-state index contributed by atoms with van der Waals surface area (Å²) in [6.45, 7) is 11.6. The molecule has 1 atom stereocenters. The van der Waals surface area contributed by atoms with E-state index in [-0.39, 0.29) is 5.60 Å². The third-order valence-electron chi connectivity index (χ3n) is 3.76. The monoisotopic (exact) mass is 307 g/mol. The first-order chi connectivity index (χ1) is 10.4. The topological polar surface area (TPSA) is 41.9 Å². The SMILES string of the molecule is CCOc1ccc2c(c1)CN(CC(O)COC(C)(C)C)CC2. The van der Waals surface area contributed by atoms with E-state index in [1.165, 1.54) is 11.1 Å². The third-order valence-corrected chi connectivity index (χ3v) is 3.76. The number of ether oxygens (including phenoxy) is 2. The molecule has 22 heavy (non-hydrogen) atoms. The summed E-state index contributed by atoms with van der Waals surface area (Å²) < 4.78 is 11.2. The highest BCUT2D eigenvalue weighted by molar-refractivity contribution is 5.37. The fourth-order valence-corrected chi connectivity index (χ4v) is 2.70. The molecular formula is C18H29NO3. The van der Waals surface area contributed by atoms with Crippen molar-refractivity contribution in [3.63, 3.8) is 0 Å². The first-order valence-electron chi connectivity index (χ1n) is 8.16. The molecule has 0 spiro atoms. The Hall–Kier alpha value is -1.10. The van der Waals surface area contributed by atoms with E-state index in [2.05, 4.69) is 17.0 Å². The van der Waals surface area contributed by atoms with Gasteiger partial charge < -0.3 is 14.6 Å². The molecule has 0 fully saturated rings. The highest BCUT2D eigenvalue weighted by Gasteiger charge is 2.20. The number of hydrogen-bond donors (Lipinski definition) is 1. The number of aliphatic hydroxyl groups is 1. The molecule has 124 valence electrons. The van der Waals surface area contributed by atoms with E-state index in [1.807, 2.05) is 33.8 Å². The highest BCUT2D eigenvalue weighted by Crippen LogP contribution is 2.24. The van der Waals surface area contributed by atoms with Gasteiger partial charge in [0, 0.05) is 19.6 Å². The minimum atomic E-state index is -0.448. The smallest absolute Gasteiger partial charge is 0.119 e. The summed E-state index contributed by atoms with van der Waals surface area (Å²) in [7, 11) is 0. The summed E-state index contributed by atoms with van der Waals surface area (Å²) in [5.74, 6) is 0.930. The van der Waals surface area contributed by atoms with Gasteiger partial charge in [-0.15, -0.1) is 0 Å². The van der Waals surface area contributed by atoms with Crippen molar-refractivity contribution in [3.05, 3.63) is 29.3 Å². The van der Waals surface area contributed by atoms with Crippen LogP contribution in [-0.4, -0.2) is 48.0 Å². The number of β-amino-alcohol motifs (C(OH)–C–C–N with tert-alkyl or cyclic N) is 1. The van der Waals surface area contributed by atoms with Crippen molar-refractivity contribution >= 4 is 0 Å². The molecule has 1 aromatic rings. The Balaban J connectivity index is 1.89. The van der Waals surface area contributed by atoms with Gasteiger partial charge in [-0.25, -0.2) is 0 Å². The van der Waals surface area contributed by atoms with Gasteiger partial charge in [-0.3, -0.25) is 4.90 Å². The van der Waals surface area contributed by atoms with Crippen molar-refractivity contribution in [2.45, 2.75) is 52.4 Å². The van der Waals surface area contributed by atoms with Gasteiger partial charge in [0.15, 0.2) is 0 Å². The van der Waals surface area contributed by atoms with E-state index in [0.717, 1.165) is 25.3 Å². The summed E-state index contributed by atoms with van der Waals surface area (Å²) in [5.41, 5.74) is 2.49. The predicted octanol–water partition coefficient (Wildman–Crippen LogP) is 2.62. The van der Waals surface area contributed by atoms with E-state index in [9.17, 15) is 5.11 Å². The van der Waals surface area contributed by atoms with Crippen LogP contribution >= 0.6 is 0 Å². The molecule has 2 rings (SSSR count). The van der Waals surface area contributed by atoms with E-state index in [1.54, 1.807) is 0 Å². The maximum atomic E-state index is 10.2. The average molecular weight is 307 g/mol. The van der Waals surface area contributed by atoms with Gasteiger partial charge in [0.1, 0.15) is 5.75 Å². The van der Waals surface area contributed by atoms with Gasteiger partial charge >= 0.3 is 0 Å². The molecule has 1 unspecified atom stereocenters. The number of nitrogens with zero attached hydrogens (tertiary/aromatic N) is 1. The van der Waals surface area contributed by atoms with Crippen LogP contribution < -0.4 is 4.74 Å². The zero-order valence-electron chi connectivity index (χ0n) is 14.3. The molecule has 1 heterocycles. The standard InChI is InChI=1S/C18H29NO3/c1-5-21-17-7-6-14-8-9-19(11-15(14)10-17)12-16(20)13-22-18(2,3)4/h6-7,10,16,20H,5,8-9,11-13H2,1-4H3. The average Bonchev–Trinajstić information content (AvgIpc) is 2.44. The molecule has 0 saturated carbocycles. The Labute approximate surface area is 134 Å². The molecule has 0 aliphatic carbocycles. The van der Waals surface area contributed by atoms with Gasteiger partial charge in [0.2, 0.25) is 0 Å². The zero-order valence-corrected chi connectivity index (χ0v) is 14.3. The Bertz CT molecular complexity index is 482. The van der Waals surface area contributed by atoms with Crippen LogP contribution in [0.3, 0.4) is 0 Å². The molecule has 1 aromatic carbocycles. The van der Waals surface area contributed by atoms with Crippen molar-refractivity contribution in [2.24, 2.45) is 0 Å². The summed E-state index contributed by atoms with van der Waals surface area (Å²) >= 11 is 0. The molecule has 1 aliphatic heterocycles. The number of rotatable bonds is 6. The first-order valence-corrected chi connectivity index (χ1v) is 8.16. The largest absolute Gasteiger partial charge is 0.494 e. The summed E-state index contributed by atoms with van der Waals surface area (Å²) in [6.07, 6.45) is 0.574. The minimum Gasteiger partial charge on any atom is -0.494 e. The van der Waals surface area contributed by atoms with Crippen LogP contribution in [0.15, 0.2) is 18.2 Å². The first kappa shape index (κ1) is 17.3. The lowest BCUT2D eigenvalue weighted by atomic mass is 9.99. The fraction of sp³-hybridized carbons (Fsp3) is 0.667. The molecule has 4 heteroatoms. The van der Waals surface area contributed by atoms with Crippen LogP contribution in [0.4, 0.5) is 0 Å². The number of fused-ring (bicyclic) bond motifs is 1. The van der Waals surface area contributed by atoms with Crippen molar-refractivity contribution in [2.75, 3.05) is 26.3 Å². The molecule has 0 amide bonds. The van der Waals surface area contributed by atoms with Crippen LogP contribution in [0.25, 0.3) is 0 Å². The van der Waals surface area contributed by atoms with Crippen molar-refractivity contribution < 1.29 is 14.6 Å². The lowest BCUT2D eigenvalue weighted by Gasteiger charge is -2.31. The molecule has 0 aromatic heterocycles. The van der Waals surface area contributed by atoms with Crippen LogP contribution in [0.2, 0.25) is 0 Å². The van der Waals surface area contributed by atoms with Gasteiger partial charge in [0.25, 0.3) is 0 Å². The van der Waals surface area contributed by atoms with Gasteiger partial charge in [-0.2, -0.15) is 0 Å². The summed E-state index contributed by atoms with van der Waals surface area (Å²) in [5, 5.41) is 10.2. The van der Waals surface area contributed by atoms with E-state index in [0.29, 0.717) is 19.8 Å². The van der Waals surface area contributed by atoms with Crippen LogP contribution in [0, 0.1) is 0 Å². The number of hydrogen-bond acceptors (Lipinski definition) is 4. The fourth-order valence-electron chi connectivity index (χ4n) is 2.70. The Kier molecular flexibility index (Phi) is 5.84. The van der Waals surface area contributed by atoms with Crippen LogP contribution in [-0.2, 0) is 17.7 Å². The normalized spacial score (nSPS) is 17.1.